The fourth-order valence-electron chi connectivity index (χ4n) is 2.66. The molecule has 1 fully saturated rings. The van der Waals surface area contributed by atoms with Gasteiger partial charge in [0.2, 0.25) is 0 Å². The molecule has 0 aliphatic heterocycles. The summed E-state index contributed by atoms with van der Waals surface area (Å²) in [5, 5.41) is 3.37. The van der Waals surface area contributed by atoms with Crippen LogP contribution in [-0.4, -0.2) is 4.98 Å². The van der Waals surface area contributed by atoms with Gasteiger partial charge in [0.1, 0.15) is 11.3 Å². The van der Waals surface area contributed by atoms with Gasteiger partial charge in [0.15, 0.2) is 5.58 Å². The van der Waals surface area contributed by atoms with Crippen LogP contribution in [0.4, 0.5) is 10.4 Å². The van der Waals surface area contributed by atoms with Crippen LogP contribution in [0.15, 0.2) is 52.9 Å². The molecule has 3 nitrogen and oxygen atoms in total. The highest BCUT2D eigenvalue weighted by Gasteiger charge is 2.33. The van der Waals surface area contributed by atoms with Crippen molar-refractivity contribution in [1.29, 1.82) is 0 Å². The molecular weight excluding hydrogens is 267 g/mol. The number of aromatic nitrogens is 1. The Kier molecular flexibility index (Phi) is 2.88. The minimum absolute atomic E-state index is 0.198. The summed E-state index contributed by atoms with van der Waals surface area (Å²) in [6.45, 7) is 0. The summed E-state index contributed by atoms with van der Waals surface area (Å²) in [4.78, 5) is 4.33. The molecule has 21 heavy (non-hydrogen) atoms. The van der Waals surface area contributed by atoms with Gasteiger partial charge in [-0.2, -0.15) is 4.98 Å². The second-order valence-corrected chi connectivity index (χ2v) is 5.50. The quantitative estimate of drug-likeness (QED) is 0.764. The van der Waals surface area contributed by atoms with E-state index < -0.39 is 0 Å². The summed E-state index contributed by atoms with van der Waals surface area (Å²) in [5.41, 5.74) is 2.37. The van der Waals surface area contributed by atoms with Gasteiger partial charge >= 0.3 is 0 Å². The number of hydrogen-bond donors (Lipinski definition) is 1. The van der Waals surface area contributed by atoms with Gasteiger partial charge in [-0.25, -0.2) is 4.39 Å². The zero-order valence-corrected chi connectivity index (χ0v) is 11.4. The number of benzene rings is 2. The van der Waals surface area contributed by atoms with E-state index in [1.165, 1.54) is 30.5 Å². The average molecular weight is 282 g/mol. The number of hydrogen-bond acceptors (Lipinski definition) is 3. The van der Waals surface area contributed by atoms with Crippen LogP contribution in [0.5, 0.6) is 0 Å². The SMILES string of the molecule is Fc1ccc2oc(NC(c3ccccc3)C3CC3)nc2c1. The van der Waals surface area contributed by atoms with Crippen LogP contribution in [0.3, 0.4) is 0 Å². The Labute approximate surface area is 121 Å². The monoisotopic (exact) mass is 282 g/mol. The summed E-state index contributed by atoms with van der Waals surface area (Å²) in [6.07, 6.45) is 2.42. The number of anilines is 1. The van der Waals surface area contributed by atoms with Crippen molar-refractivity contribution in [3.05, 3.63) is 59.9 Å². The minimum atomic E-state index is -0.302. The van der Waals surface area contributed by atoms with E-state index in [9.17, 15) is 4.39 Å². The molecular formula is C17H15FN2O. The Morgan fingerprint density at radius 1 is 1.14 bits per heavy atom. The minimum Gasteiger partial charge on any atom is -0.424 e. The van der Waals surface area contributed by atoms with Crippen LogP contribution >= 0.6 is 0 Å². The molecule has 0 saturated heterocycles. The van der Waals surface area contributed by atoms with Gasteiger partial charge in [0.05, 0.1) is 6.04 Å². The van der Waals surface area contributed by atoms with Crippen molar-refractivity contribution >= 4 is 17.1 Å². The molecule has 1 atom stereocenters. The van der Waals surface area contributed by atoms with E-state index in [1.807, 2.05) is 18.2 Å². The van der Waals surface area contributed by atoms with Crippen LogP contribution in [0.25, 0.3) is 11.1 Å². The van der Waals surface area contributed by atoms with Gasteiger partial charge in [-0.15, -0.1) is 0 Å². The van der Waals surface area contributed by atoms with Crippen LogP contribution in [-0.2, 0) is 0 Å². The first-order valence-electron chi connectivity index (χ1n) is 7.17. The van der Waals surface area contributed by atoms with Crippen LogP contribution in [0.1, 0.15) is 24.4 Å². The van der Waals surface area contributed by atoms with Gasteiger partial charge in [-0.3, -0.25) is 0 Å². The van der Waals surface area contributed by atoms with Crippen molar-refractivity contribution in [2.24, 2.45) is 5.92 Å². The topological polar surface area (TPSA) is 38.1 Å². The molecule has 1 aliphatic rings. The van der Waals surface area contributed by atoms with Gasteiger partial charge in [0, 0.05) is 6.07 Å². The third-order valence-electron chi connectivity index (χ3n) is 3.88. The lowest BCUT2D eigenvalue weighted by Gasteiger charge is -2.17. The molecule has 1 N–H and O–H groups in total. The molecule has 4 rings (SSSR count). The summed E-state index contributed by atoms with van der Waals surface area (Å²) >= 11 is 0. The summed E-state index contributed by atoms with van der Waals surface area (Å²) < 4.78 is 18.9. The molecule has 1 aromatic heterocycles. The smallest absolute Gasteiger partial charge is 0.296 e. The van der Waals surface area contributed by atoms with Gasteiger partial charge in [-0.1, -0.05) is 30.3 Å². The molecule has 0 amide bonds. The second kappa shape index (κ2) is 4.88. The third-order valence-corrected chi connectivity index (χ3v) is 3.88. The van der Waals surface area contributed by atoms with E-state index in [0.29, 0.717) is 23.0 Å². The number of fused-ring (bicyclic) bond motifs is 1. The predicted molar refractivity (Wildman–Crippen MR) is 79.5 cm³/mol. The van der Waals surface area contributed by atoms with Gasteiger partial charge in [-0.05, 0) is 36.5 Å². The molecule has 4 heteroatoms. The molecule has 3 aromatic rings. The first kappa shape index (κ1) is 12.4. The van der Waals surface area contributed by atoms with E-state index in [1.54, 1.807) is 6.07 Å². The van der Waals surface area contributed by atoms with E-state index in [0.717, 1.165) is 0 Å². The lowest BCUT2D eigenvalue weighted by Crippen LogP contribution is -2.12. The molecule has 0 radical (unpaired) electrons. The standard InChI is InChI=1S/C17H15FN2O/c18-13-8-9-15-14(10-13)19-17(21-15)20-16(12-6-7-12)11-4-2-1-3-5-11/h1-5,8-10,12,16H,6-7H2,(H,19,20). The third kappa shape index (κ3) is 2.49. The molecule has 1 unspecified atom stereocenters. The van der Waals surface area contributed by atoms with Gasteiger partial charge in [0.25, 0.3) is 6.01 Å². The highest BCUT2D eigenvalue weighted by Crippen LogP contribution is 2.42. The average Bonchev–Trinajstić information content (AvgIpc) is 3.26. The fourth-order valence-corrected chi connectivity index (χ4v) is 2.66. The number of rotatable bonds is 4. The predicted octanol–water partition coefficient (Wildman–Crippen LogP) is 4.53. The normalized spacial score (nSPS) is 16.0. The van der Waals surface area contributed by atoms with Crippen LogP contribution in [0.2, 0.25) is 0 Å². The van der Waals surface area contributed by atoms with Crippen molar-refractivity contribution in [3.8, 4) is 0 Å². The Morgan fingerprint density at radius 3 is 2.71 bits per heavy atom. The van der Waals surface area contributed by atoms with Crippen LogP contribution < -0.4 is 5.32 Å². The van der Waals surface area contributed by atoms with Crippen molar-refractivity contribution in [3.63, 3.8) is 0 Å². The van der Waals surface area contributed by atoms with E-state index in [2.05, 4.69) is 22.4 Å². The second-order valence-electron chi connectivity index (χ2n) is 5.50. The molecule has 1 heterocycles. The van der Waals surface area contributed by atoms with Gasteiger partial charge < -0.3 is 9.73 Å². The lowest BCUT2D eigenvalue weighted by atomic mass is 10.0. The Balaban J connectivity index is 1.65. The molecule has 1 aliphatic carbocycles. The van der Waals surface area contributed by atoms with Crippen molar-refractivity contribution < 1.29 is 8.81 Å². The number of nitrogens with one attached hydrogen (secondary N) is 1. The lowest BCUT2D eigenvalue weighted by molar-refractivity contribution is 0.577. The number of halogens is 1. The molecule has 2 aromatic carbocycles. The molecule has 1 saturated carbocycles. The zero-order valence-electron chi connectivity index (χ0n) is 11.4. The van der Waals surface area contributed by atoms with E-state index in [4.69, 9.17) is 4.42 Å². The number of oxazole rings is 1. The van der Waals surface area contributed by atoms with Crippen molar-refractivity contribution in [2.75, 3.05) is 5.32 Å². The Hall–Kier alpha value is -2.36. The van der Waals surface area contributed by atoms with Crippen molar-refractivity contribution in [1.82, 2.24) is 4.98 Å². The maximum Gasteiger partial charge on any atom is 0.296 e. The summed E-state index contributed by atoms with van der Waals surface area (Å²) in [7, 11) is 0. The van der Waals surface area contributed by atoms with Crippen LogP contribution in [0, 0.1) is 11.7 Å². The Bertz CT molecular complexity index is 765. The summed E-state index contributed by atoms with van der Waals surface area (Å²) in [5.74, 6) is 0.309. The summed E-state index contributed by atoms with van der Waals surface area (Å²) in [6, 6.07) is 15.3. The fraction of sp³-hybridized carbons (Fsp3) is 0.235. The zero-order chi connectivity index (χ0) is 14.2. The Morgan fingerprint density at radius 2 is 1.95 bits per heavy atom. The maximum absolute atomic E-state index is 13.2. The van der Waals surface area contributed by atoms with E-state index >= 15 is 0 Å². The molecule has 106 valence electrons. The van der Waals surface area contributed by atoms with E-state index in [-0.39, 0.29) is 11.9 Å². The number of nitrogens with zero attached hydrogens (tertiary/aromatic N) is 1. The largest absolute Gasteiger partial charge is 0.424 e. The first-order valence-corrected chi connectivity index (χ1v) is 7.17. The molecule has 0 spiro atoms. The molecule has 0 bridgehead atoms. The highest BCUT2D eigenvalue weighted by atomic mass is 19.1. The van der Waals surface area contributed by atoms with Crippen molar-refractivity contribution in [2.45, 2.75) is 18.9 Å². The highest BCUT2D eigenvalue weighted by molar-refractivity contribution is 5.74. The maximum atomic E-state index is 13.2. The first-order chi connectivity index (χ1) is 10.3.